The van der Waals surface area contributed by atoms with Crippen molar-refractivity contribution in [3.8, 4) is 0 Å². The van der Waals surface area contributed by atoms with Crippen LogP contribution in [0.5, 0.6) is 0 Å². The zero-order valence-electron chi connectivity index (χ0n) is 8.89. The number of hydrogen-bond acceptors (Lipinski definition) is 2. The van der Waals surface area contributed by atoms with E-state index in [1.165, 1.54) is 4.90 Å². The molecule has 82 valence electrons. The number of carbonyl (C=O) groups excluding carboxylic acids is 2. The van der Waals surface area contributed by atoms with Gasteiger partial charge in [0.05, 0.1) is 0 Å². The Labute approximate surface area is 84.0 Å². The highest BCUT2D eigenvalue weighted by atomic mass is 16.2. The summed E-state index contributed by atoms with van der Waals surface area (Å²) < 4.78 is 0. The fourth-order valence-corrected chi connectivity index (χ4v) is 0.727. The highest BCUT2D eigenvalue weighted by molar-refractivity contribution is 5.74. The second-order valence-corrected chi connectivity index (χ2v) is 2.91. The van der Waals surface area contributed by atoms with Gasteiger partial charge in [0.1, 0.15) is 0 Å². The van der Waals surface area contributed by atoms with Crippen LogP contribution in [0.1, 0.15) is 6.92 Å². The fourth-order valence-electron chi connectivity index (χ4n) is 0.727. The maximum atomic E-state index is 11.0. The molecule has 0 unspecified atom stereocenters. The van der Waals surface area contributed by atoms with Gasteiger partial charge in [-0.1, -0.05) is 0 Å². The van der Waals surface area contributed by atoms with E-state index >= 15 is 0 Å². The minimum absolute atomic E-state index is 0.164. The van der Waals surface area contributed by atoms with Crippen LogP contribution in [0.2, 0.25) is 0 Å². The lowest BCUT2D eigenvalue weighted by molar-refractivity contribution is 0.217. The largest absolute Gasteiger partial charge is 0.338 e. The lowest BCUT2D eigenvalue weighted by Gasteiger charge is -2.12. The van der Waals surface area contributed by atoms with Gasteiger partial charge in [-0.2, -0.15) is 0 Å². The van der Waals surface area contributed by atoms with Crippen molar-refractivity contribution in [2.75, 3.05) is 33.7 Å². The van der Waals surface area contributed by atoms with Gasteiger partial charge < -0.3 is 20.9 Å². The molecule has 0 atom stereocenters. The summed E-state index contributed by atoms with van der Waals surface area (Å²) in [6.45, 7) is 3.28. The third-order valence-electron chi connectivity index (χ3n) is 1.43. The molecule has 0 bridgehead atoms. The van der Waals surface area contributed by atoms with Gasteiger partial charge in [0.2, 0.25) is 0 Å². The highest BCUT2D eigenvalue weighted by Gasteiger charge is 2.01. The van der Waals surface area contributed by atoms with Crippen molar-refractivity contribution < 1.29 is 9.59 Å². The van der Waals surface area contributed by atoms with Crippen molar-refractivity contribution in [1.82, 2.24) is 20.9 Å². The number of hydrogen-bond donors (Lipinski definition) is 3. The Balaban J connectivity index is 3.38. The molecular weight excluding hydrogens is 184 g/mol. The summed E-state index contributed by atoms with van der Waals surface area (Å²) in [5, 5.41) is 7.80. The number of amides is 4. The number of nitrogens with zero attached hydrogens (tertiary/aromatic N) is 1. The molecule has 0 saturated heterocycles. The van der Waals surface area contributed by atoms with E-state index in [0.717, 1.165) is 0 Å². The van der Waals surface area contributed by atoms with Crippen molar-refractivity contribution in [2.45, 2.75) is 6.92 Å². The summed E-state index contributed by atoms with van der Waals surface area (Å²) in [6.07, 6.45) is 0. The summed E-state index contributed by atoms with van der Waals surface area (Å²) in [6, 6.07) is -0.380. The van der Waals surface area contributed by atoms with E-state index in [2.05, 4.69) is 16.0 Å². The number of nitrogens with one attached hydrogen (secondary N) is 3. The molecule has 0 aromatic carbocycles. The first kappa shape index (κ1) is 12.5. The van der Waals surface area contributed by atoms with E-state index in [4.69, 9.17) is 0 Å². The smallest absolute Gasteiger partial charge is 0.316 e. The zero-order valence-corrected chi connectivity index (χ0v) is 8.89. The molecule has 0 saturated carbocycles. The Morgan fingerprint density at radius 1 is 1.07 bits per heavy atom. The van der Waals surface area contributed by atoms with Crippen molar-refractivity contribution in [3.05, 3.63) is 0 Å². The molecule has 0 fully saturated rings. The summed E-state index contributed by atoms with van der Waals surface area (Å²) in [4.78, 5) is 23.3. The minimum atomic E-state index is -0.216. The summed E-state index contributed by atoms with van der Waals surface area (Å²) in [5.74, 6) is 0. The Kier molecular flexibility index (Phi) is 6.26. The lowest BCUT2D eigenvalue weighted by atomic mass is 10.6. The van der Waals surface area contributed by atoms with Gasteiger partial charge in [-0.05, 0) is 6.92 Å². The predicted octanol–water partition coefficient (Wildman–Crippen LogP) is -0.423. The van der Waals surface area contributed by atoms with Crippen LogP contribution in [0, 0.1) is 0 Å². The van der Waals surface area contributed by atoms with Crippen LogP contribution in [0.25, 0.3) is 0 Å². The zero-order chi connectivity index (χ0) is 11.0. The number of carbonyl (C=O) groups is 2. The van der Waals surface area contributed by atoms with Gasteiger partial charge in [-0.25, -0.2) is 9.59 Å². The molecule has 0 spiro atoms. The quantitative estimate of drug-likeness (QED) is 0.541. The molecule has 0 aliphatic heterocycles. The van der Waals surface area contributed by atoms with Gasteiger partial charge in [0.25, 0.3) is 0 Å². The van der Waals surface area contributed by atoms with Crippen LogP contribution >= 0.6 is 0 Å². The van der Waals surface area contributed by atoms with Crippen molar-refractivity contribution in [3.63, 3.8) is 0 Å². The van der Waals surface area contributed by atoms with Gasteiger partial charge in [-0.3, -0.25) is 0 Å². The number of urea groups is 2. The maximum Gasteiger partial charge on any atom is 0.316 e. The first-order valence-corrected chi connectivity index (χ1v) is 4.54. The molecule has 0 aromatic heterocycles. The molecular formula is C8H18N4O2. The third-order valence-corrected chi connectivity index (χ3v) is 1.43. The Bertz CT molecular complexity index is 194. The molecule has 0 aliphatic carbocycles. The molecule has 6 heteroatoms. The minimum Gasteiger partial charge on any atom is -0.338 e. The van der Waals surface area contributed by atoms with Gasteiger partial charge in [-0.15, -0.1) is 0 Å². The topological polar surface area (TPSA) is 73.5 Å². The van der Waals surface area contributed by atoms with Crippen LogP contribution in [0.3, 0.4) is 0 Å². The van der Waals surface area contributed by atoms with E-state index in [1.54, 1.807) is 14.1 Å². The average molecular weight is 202 g/mol. The van der Waals surface area contributed by atoms with E-state index in [9.17, 15) is 9.59 Å². The van der Waals surface area contributed by atoms with Crippen LogP contribution in [-0.4, -0.2) is 50.7 Å². The molecule has 6 nitrogen and oxygen atoms in total. The second kappa shape index (κ2) is 6.99. The lowest BCUT2D eigenvalue weighted by Crippen LogP contribution is -2.42. The maximum absolute atomic E-state index is 11.0. The fraction of sp³-hybridized carbons (Fsp3) is 0.750. The van der Waals surface area contributed by atoms with Crippen LogP contribution in [-0.2, 0) is 0 Å². The van der Waals surface area contributed by atoms with E-state index in [-0.39, 0.29) is 12.1 Å². The normalized spacial score (nSPS) is 9.07. The highest BCUT2D eigenvalue weighted by Crippen LogP contribution is 1.74. The average Bonchev–Trinajstić information content (AvgIpc) is 2.12. The first-order chi connectivity index (χ1) is 6.57. The number of rotatable bonds is 4. The van der Waals surface area contributed by atoms with Crippen molar-refractivity contribution in [1.29, 1.82) is 0 Å². The van der Waals surface area contributed by atoms with Gasteiger partial charge >= 0.3 is 12.1 Å². The molecule has 3 N–H and O–H groups in total. The Morgan fingerprint density at radius 3 is 2.14 bits per heavy atom. The Hall–Kier alpha value is -1.46. The van der Waals surface area contributed by atoms with E-state index in [1.807, 2.05) is 6.92 Å². The predicted molar refractivity (Wildman–Crippen MR) is 54.2 cm³/mol. The third kappa shape index (κ3) is 6.10. The van der Waals surface area contributed by atoms with Gasteiger partial charge in [0.15, 0.2) is 0 Å². The standard InChI is InChI=1S/C8H18N4O2/c1-4-9-7(13)10-5-6-11-8(14)12(2)3/h4-6H2,1-3H3,(H,11,14)(H2,9,10,13). The molecule has 4 amide bonds. The summed E-state index contributed by atoms with van der Waals surface area (Å²) >= 11 is 0. The molecule has 0 aromatic rings. The molecule has 0 heterocycles. The van der Waals surface area contributed by atoms with Crippen LogP contribution in [0.4, 0.5) is 9.59 Å². The summed E-state index contributed by atoms with van der Waals surface area (Å²) in [7, 11) is 3.32. The van der Waals surface area contributed by atoms with Crippen LogP contribution in [0.15, 0.2) is 0 Å². The molecule has 14 heavy (non-hydrogen) atoms. The van der Waals surface area contributed by atoms with Gasteiger partial charge in [0, 0.05) is 33.7 Å². The molecule has 0 radical (unpaired) electrons. The van der Waals surface area contributed by atoms with Crippen molar-refractivity contribution >= 4 is 12.1 Å². The van der Waals surface area contributed by atoms with E-state index < -0.39 is 0 Å². The summed E-state index contributed by atoms with van der Waals surface area (Å²) in [5.41, 5.74) is 0. The second-order valence-electron chi connectivity index (χ2n) is 2.91. The first-order valence-electron chi connectivity index (χ1n) is 4.54. The Morgan fingerprint density at radius 2 is 1.64 bits per heavy atom. The monoisotopic (exact) mass is 202 g/mol. The van der Waals surface area contributed by atoms with Crippen LogP contribution < -0.4 is 16.0 Å². The molecule has 0 rings (SSSR count). The SMILES string of the molecule is CCNC(=O)NCCNC(=O)N(C)C. The van der Waals surface area contributed by atoms with E-state index in [0.29, 0.717) is 19.6 Å². The molecule has 0 aliphatic rings. The van der Waals surface area contributed by atoms with Crippen molar-refractivity contribution in [2.24, 2.45) is 0 Å².